The summed E-state index contributed by atoms with van der Waals surface area (Å²) in [5, 5.41) is 2.82. The Balaban J connectivity index is 1.60. The van der Waals surface area contributed by atoms with Crippen LogP contribution in [0.5, 0.6) is 23.0 Å². The fourth-order valence-electron chi connectivity index (χ4n) is 2.43. The SMILES string of the molecule is CCOc1cccc(OCC(=O)Nc2ccccc2Oc2ccccc2)c1. The van der Waals surface area contributed by atoms with E-state index < -0.39 is 0 Å². The third-order valence-corrected chi connectivity index (χ3v) is 3.62. The lowest BCUT2D eigenvalue weighted by Crippen LogP contribution is -2.20. The topological polar surface area (TPSA) is 56.8 Å². The minimum atomic E-state index is -0.277. The molecule has 3 aromatic carbocycles. The molecule has 0 atom stereocenters. The van der Waals surface area contributed by atoms with E-state index in [1.165, 1.54) is 0 Å². The summed E-state index contributed by atoms with van der Waals surface area (Å²) in [4.78, 5) is 12.3. The fraction of sp³-hybridized carbons (Fsp3) is 0.136. The number of hydrogen-bond donors (Lipinski definition) is 1. The second-order valence-corrected chi connectivity index (χ2v) is 5.66. The van der Waals surface area contributed by atoms with Crippen molar-refractivity contribution in [2.75, 3.05) is 18.5 Å². The highest BCUT2D eigenvalue weighted by atomic mass is 16.5. The summed E-state index contributed by atoms with van der Waals surface area (Å²) in [6, 6.07) is 23.9. The van der Waals surface area contributed by atoms with Gasteiger partial charge in [0.15, 0.2) is 12.4 Å². The van der Waals surface area contributed by atoms with Gasteiger partial charge < -0.3 is 19.5 Å². The molecule has 0 aliphatic carbocycles. The molecule has 0 heterocycles. The molecule has 0 aromatic heterocycles. The van der Waals surface area contributed by atoms with Gasteiger partial charge in [-0.2, -0.15) is 0 Å². The first-order valence-corrected chi connectivity index (χ1v) is 8.72. The van der Waals surface area contributed by atoms with Crippen LogP contribution in [0, 0.1) is 0 Å². The predicted octanol–water partition coefficient (Wildman–Crippen LogP) is 4.90. The summed E-state index contributed by atoms with van der Waals surface area (Å²) < 4.78 is 16.8. The maximum Gasteiger partial charge on any atom is 0.262 e. The van der Waals surface area contributed by atoms with Crippen LogP contribution in [0.2, 0.25) is 0 Å². The molecule has 0 saturated carbocycles. The van der Waals surface area contributed by atoms with Crippen molar-refractivity contribution in [1.29, 1.82) is 0 Å². The normalized spacial score (nSPS) is 10.1. The molecular formula is C22H21NO4. The molecule has 0 saturated heterocycles. The number of nitrogens with one attached hydrogen (secondary N) is 1. The molecule has 27 heavy (non-hydrogen) atoms. The van der Waals surface area contributed by atoms with Crippen molar-refractivity contribution in [2.45, 2.75) is 6.92 Å². The first kappa shape index (κ1) is 18.3. The minimum Gasteiger partial charge on any atom is -0.494 e. The number of benzene rings is 3. The van der Waals surface area contributed by atoms with Gasteiger partial charge in [-0.3, -0.25) is 4.79 Å². The van der Waals surface area contributed by atoms with Crippen molar-refractivity contribution < 1.29 is 19.0 Å². The Labute approximate surface area is 158 Å². The van der Waals surface area contributed by atoms with E-state index in [4.69, 9.17) is 14.2 Å². The Kier molecular flexibility index (Phi) is 6.30. The molecule has 0 unspecified atom stereocenters. The third-order valence-electron chi connectivity index (χ3n) is 3.62. The Morgan fingerprint density at radius 1 is 0.815 bits per heavy atom. The van der Waals surface area contributed by atoms with Crippen LogP contribution >= 0.6 is 0 Å². The molecule has 0 aliphatic rings. The number of para-hydroxylation sites is 3. The number of hydrogen-bond acceptors (Lipinski definition) is 4. The van der Waals surface area contributed by atoms with Crippen LogP contribution in [-0.4, -0.2) is 19.1 Å². The van der Waals surface area contributed by atoms with Crippen LogP contribution in [0.25, 0.3) is 0 Å². The molecule has 1 amide bonds. The lowest BCUT2D eigenvalue weighted by molar-refractivity contribution is -0.118. The van der Waals surface area contributed by atoms with Crippen molar-refractivity contribution in [3.63, 3.8) is 0 Å². The Morgan fingerprint density at radius 2 is 1.48 bits per heavy atom. The molecule has 1 N–H and O–H groups in total. The van der Waals surface area contributed by atoms with E-state index in [-0.39, 0.29) is 12.5 Å². The van der Waals surface area contributed by atoms with Crippen LogP contribution in [0.3, 0.4) is 0 Å². The number of ether oxygens (including phenoxy) is 3. The molecule has 3 aromatic rings. The Hall–Kier alpha value is -3.47. The Morgan fingerprint density at radius 3 is 2.26 bits per heavy atom. The summed E-state index contributed by atoms with van der Waals surface area (Å²) in [6.45, 7) is 2.37. The largest absolute Gasteiger partial charge is 0.494 e. The predicted molar refractivity (Wildman–Crippen MR) is 105 cm³/mol. The average Bonchev–Trinajstić information content (AvgIpc) is 2.69. The average molecular weight is 363 g/mol. The van der Waals surface area contributed by atoms with Gasteiger partial charge in [0, 0.05) is 6.07 Å². The van der Waals surface area contributed by atoms with Crippen LogP contribution in [0.4, 0.5) is 5.69 Å². The van der Waals surface area contributed by atoms with Crippen molar-refractivity contribution in [3.05, 3.63) is 78.9 Å². The van der Waals surface area contributed by atoms with Gasteiger partial charge in [-0.15, -0.1) is 0 Å². The highest BCUT2D eigenvalue weighted by Crippen LogP contribution is 2.29. The lowest BCUT2D eigenvalue weighted by atomic mass is 10.3. The summed E-state index contributed by atoms with van der Waals surface area (Å²) in [7, 11) is 0. The zero-order valence-electron chi connectivity index (χ0n) is 15.1. The first-order chi connectivity index (χ1) is 13.2. The number of anilines is 1. The van der Waals surface area contributed by atoms with E-state index >= 15 is 0 Å². The molecule has 0 aliphatic heterocycles. The molecule has 0 bridgehead atoms. The van der Waals surface area contributed by atoms with Gasteiger partial charge >= 0.3 is 0 Å². The molecular weight excluding hydrogens is 342 g/mol. The summed E-state index contributed by atoms with van der Waals surface area (Å²) in [5.74, 6) is 2.27. The van der Waals surface area contributed by atoms with Crippen molar-refractivity contribution in [2.24, 2.45) is 0 Å². The van der Waals surface area contributed by atoms with Crippen LogP contribution < -0.4 is 19.5 Å². The van der Waals surface area contributed by atoms with Crippen molar-refractivity contribution in [1.82, 2.24) is 0 Å². The highest BCUT2D eigenvalue weighted by Gasteiger charge is 2.09. The van der Waals surface area contributed by atoms with Crippen LogP contribution in [0.1, 0.15) is 6.92 Å². The summed E-state index contributed by atoms with van der Waals surface area (Å²) in [5.41, 5.74) is 0.582. The number of amides is 1. The molecule has 3 rings (SSSR count). The summed E-state index contributed by atoms with van der Waals surface area (Å²) in [6.07, 6.45) is 0. The number of carbonyl (C=O) groups is 1. The van der Waals surface area contributed by atoms with E-state index in [1.807, 2.05) is 61.5 Å². The highest BCUT2D eigenvalue weighted by molar-refractivity contribution is 5.93. The quantitative estimate of drug-likeness (QED) is 0.619. The standard InChI is InChI=1S/C22H21NO4/c1-2-25-18-11-8-12-19(15-18)26-16-22(24)23-20-13-6-7-14-21(20)27-17-9-4-3-5-10-17/h3-15H,2,16H2,1H3,(H,23,24). The van der Waals surface area contributed by atoms with Gasteiger partial charge in [0.25, 0.3) is 5.91 Å². The summed E-state index contributed by atoms with van der Waals surface area (Å²) >= 11 is 0. The van der Waals surface area contributed by atoms with Gasteiger partial charge in [0.1, 0.15) is 17.2 Å². The monoisotopic (exact) mass is 363 g/mol. The van der Waals surface area contributed by atoms with E-state index in [0.717, 1.165) is 0 Å². The smallest absolute Gasteiger partial charge is 0.262 e. The third kappa shape index (κ3) is 5.51. The molecule has 138 valence electrons. The van der Waals surface area contributed by atoms with Gasteiger partial charge in [-0.25, -0.2) is 0 Å². The number of rotatable bonds is 8. The minimum absolute atomic E-state index is 0.116. The second-order valence-electron chi connectivity index (χ2n) is 5.66. The van der Waals surface area contributed by atoms with Gasteiger partial charge in [-0.1, -0.05) is 36.4 Å². The molecule has 5 heteroatoms. The zero-order valence-corrected chi connectivity index (χ0v) is 15.1. The first-order valence-electron chi connectivity index (χ1n) is 8.72. The number of carbonyl (C=O) groups excluding carboxylic acids is 1. The Bertz CT molecular complexity index is 880. The molecule has 5 nitrogen and oxygen atoms in total. The van der Waals surface area contributed by atoms with E-state index in [9.17, 15) is 4.79 Å². The van der Waals surface area contributed by atoms with Gasteiger partial charge in [0.2, 0.25) is 0 Å². The van der Waals surface area contributed by atoms with Gasteiger partial charge in [0.05, 0.1) is 12.3 Å². The van der Waals surface area contributed by atoms with E-state index in [1.54, 1.807) is 24.3 Å². The lowest BCUT2D eigenvalue weighted by Gasteiger charge is -2.13. The van der Waals surface area contributed by atoms with E-state index in [0.29, 0.717) is 35.3 Å². The molecule has 0 spiro atoms. The maximum atomic E-state index is 12.3. The maximum absolute atomic E-state index is 12.3. The van der Waals surface area contributed by atoms with E-state index in [2.05, 4.69) is 5.32 Å². The fourth-order valence-corrected chi connectivity index (χ4v) is 2.43. The van der Waals surface area contributed by atoms with Gasteiger partial charge in [-0.05, 0) is 43.3 Å². The van der Waals surface area contributed by atoms with Crippen molar-refractivity contribution >= 4 is 11.6 Å². The molecule has 0 fully saturated rings. The molecule has 0 radical (unpaired) electrons. The van der Waals surface area contributed by atoms with Crippen LogP contribution in [-0.2, 0) is 4.79 Å². The second kappa shape index (κ2) is 9.29. The zero-order chi connectivity index (χ0) is 18.9. The van der Waals surface area contributed by atoms with Crippen LogP contribution in [0.15, 0.2) is 78.9 Å². The van der Waals surface area contributed by atoms with Crippen molar-refractivity contribution in [3.8, 4) is 23.0 Å².